The van der Waals surface area contributed by atoms with Crippen LogP contribution in [0.3, 0.4) is 0 Å². The molecule has 0 amide bonds. The Morgan fingerprint density at radius 2 is 2.07 bits per heavy atom. The molecule has 1 heterocycles. The molecule has 3 heteroatoms. The highest BCUT2D eigenvalue weighted by molar-refractivity contribution is 5.32. The third-order valence-electron chi connectivity index (χ3n) is 3.05. The number of rotatable bonds is 2. The molecule has 2 N–H and O–H groups in total. The lowest BCUT2D eigenvalue weighted by Crippen LogP contribution is -2.10. The van der Waals surface area contributed by atoms with E-state index in [2.05, 4.69) is 18.9 Å². The van der Waals surface area contributed by atoms with Gasteiger partial charge in [0.15, 0.2) is 0 Å². The Kier molecular flexibility index (Phi) is 2.48. The smallest absolute Gasteiger partial charge is 0.122 e. The quantitative estimate of drug-likeness (QED) is 0.784. The first-order chi connectivity index (χ1) is 6.68. The molecule has 0 bridgehead atoms. The molecule has 0 spiro atoms. The first kappa shape index (κ1) is 9.56. The Hall–Kier alpha value is -0.990. The zero-order valence-corrected chi connectivity index (χ0v) is 9.03. The fourth-order valence-electron chi connectivity index (χ4n) is 2.15. The predicted molar refractivity (Wildman–Crippen MR) is 58.2 cm³/mol. The maximum Gasteiger partial charge on any atom is 0.122 e. The Bertz CT molecular complexity index is 308. The molecule has 78 valence electrons. The number of nitrogens with two attached hydrogens (primary N) is 1. The van der Waals surface area contributed by atoms with E-state index >= 15 is 0 Å². The van der Waals surface area contributed by atoms with Crippen molar-refractivity contribution >= 4 is 5.82 Å². The Morgan fingerprint density at radius 1 is 1.43 bits per heavy atom. The number of hydrogen-bond acceptors (Lipinski definition) is 2. The standard InChI is InChI=1S/C11H19N3/c1-8(2)10-7-11(12)14(13-10)9-5-3-4-6-9/h7-9H,3-6,12H2,1-2H3. The van der Waals surface area contributed by atoms with E-state index < -0.39 is 0 Å². The summed E-state index contributed by atoms with van der Waals surface area (Å²) in [5.41, 5.74) is 7.08. The Labute approximate surface area is 85.3 Å². The summed E-state index contributed by atoms with van der Waals surface area (Å²) in [6.45, 7) is 4.31. The topological polar surface area (TPSA) is 43.8 Å². The molecule has 3 nitrogen and oxygen atoms in total. The highest BCUT2D eigenvalue weighted by Gasteiger charge is 2.20. The van der Waals surface area contributed by atoms with Gasteiger partial charge < -0.3 is 5.73 Å². The van der Waals surface area contributed by atoms with Gasteiger partial charge in [0.25, 0.3) is 0 Å². The molecule has 0 atom stereocenters. The molecule has 0 aliphatic heterocycles. The zero-order chi connectivity index (χ0) is 10.1. The van der Waals surface area contributed by atoms with E-state index in [4.69, 9.17) is 5.73 Å². The van der Waals surface area contributed by atoms with Crippen LogP contribution in [0.4, 0.5) is 5.82 Å². The molecule has 14 heavy (non-hydrogen) atoms. The normalized spacial score (nSPS) is 18.2. The van der Waals surface area contributed by atoms with Crippen LogP contribution < -0.4 is 5.73 Å². The van der Waals surface area contributed by atoms with Gasteiger partial charge in [0, 0.05) is 6.07 Å². The van der Waals surface area contributed by atoms with Crippen LogP contribution in [0.5, 0.6) is 0 Å². The Balaban J connectivity index is 2.24. The van der Waals surface area contributed by atoms with Crippen LogP contribution in [0.25, 0.3) is 0 Å². The second-order valence-corrected chi connectivity index (χ2v) is 4.53. The molecular weight excluding hydrogens is 174 g/mol. The van der Waals surface area contributed by atoms with E-state index in [0.29, 0.717) is 12.0 Å². The summed E-state index contributed by atoms with van der Waals surface area (Å²) < 4.78 is 2.03. The van der Waals surface area contributed by atoms with Crippen molar-refractivity contribution in [3.05, 3.63) is 11.8 Å². The van der Waals surface area contributed by atoms with E-state index in [1.807, 2.05) is 10.7 Å². The van der Waals surface area contributed by atoms with Gasteiger partial charge in [-0.25, -0.2) is 4.68 Å². The third kappa shape index (κ3) is 1.63. The largest absolute Gasteiger partial charge is 0.384 e. The molecule has 0 radical (unpaired) electrons. The fourth-order valence-corrected chi connectivity index (χ4v) is 2.15. The van der Waals surface area contributed by atoms with Crippen LogP contribution in [0.15, 0.2) is 6.07 Å². The van der Waals surface area contributed by atoms with Crippen LogP contribution >= 0.6 is 0 Å². The van der Waals surface area contributed by atoms with Crippen molar-refractivity contribution in [2.24, 2.45) is 0 Å². The maximum absolute atomic E-state index is 5.96. The molecule has 1 aromatic heterocycles. The SMILES string of the molecule is CC(C)c1cc(N)n(C2CCCC2)n1. The average Bonchev–Trinajstić information content (AvgIpc) is 2.71. The van der Waals surface area contributed by atoms with Crippen molar-refractivity contribution in [3.8, 4) is 0 Å². The van der Waals surface area contributed by atoms with E-state index in [1.165, 1.54) is 25.7 Å². The van der Waals surface area contributed by atoms with Crippen LogP contribution in [-0.4, -0.2) is 9.78 Å². The molecule has 1 aliphatic carbocycles. The minimum Gasteiger partial charge on any atom is -0.384 e. The number of hydrogen-bond donors (Lipinski definition) is 1. The first-order valence-corrected chi connectivity index (χ1v) is 5.53. The zero-order valence-electron chi connectivity index (χ0n) is 9.03. The molecule has 0 unspecified atom stereocenters. The molecule has 1 fully saturated rings. The molecule has 1 aliphatic rings. The lowest BCUT2D eigenvalue weighted by atomic mass is 10.1. The van der Waals surface area contributed by atoms with Crippen LogP contribution in [-0.2, 0) is 0 Å². The second-order valence-electron chi connectivity index (χ2n) is 4.53. The summed E-state index contributed by atoms with van der Waals surface area (Å²) in [5, 5.41) is 4.58. The first-order valence-electron chi connectivity index (χ1n) is 5.53. The molecule has 0 aromatic carbocycles. The van der Waals surface area contributed by atoms with Gasteiger partial charge >= 0.3 is 0 Å². The van der Waals surface area contributed by atoms with Crippen molar-refractivity contribution in [2.45, 2.75) is 51.5 Å². The van der Waals surface area contributed by atoms with Crippen molar-refractivity contribution < 1.29 is 0 Å². The van der Waals surface area contributed by atoms with Gasteiger partial charge in [0.05, 0.1) is 11.7 Å². The highest BCUT2D eigenvalue weighted by Crippen LogP contribution is 2.31. The molecule has 2 rings (SSSR count). The van der Waals surface area contributed by atoms with E-state index in [9.17, 15) is 0 Å². The van der Waals surface area contributed by atoms with E-state index in [-0.39, 0.29) is 0 Å². The number of anilines is 1. The van der Waals surface area contributed by atoms with Crippen molar-refractivity contribution in [1.29, 1.82) is 0 Å². The molecule has 0 saturated heterocycles. The predicted octanol–water partition coefficient (Wildman–Crippen LogP) is 2.70. The lowest BCUT2D eigenvalue weighted by molar-refractivity contribution is 0.467. The molecule has 1 saturated carbocycles. The maximum atomic E-state index is 5.96. The summed E-state index contributed by atoms with van der Waals surface area (Å²) in [5.74, 6) is 1.31. The highest BCUT2D eigenvalue weighted by atomic mass is 15.3. The summed E-state index contributed by atoms with van der Waals surface area (Å²) in [6.07, 6.45) is 5.12. The minimum absolute atomic E-state index is 0.472. The molecular formula is C11H19N3. The van der Waals surface area contributed by atoms with Gasteiger partial charge in [0.1, 0.15) is 5.82 Å². The van der Waals surface area contributed by atoms with Gasteiger partial charge in [-0.15, -0.1) is 0 Å². The van der Waals surface area contributed by atoms with Gasteiger partial charge in [-0.05, 0) is 18.8 Å². The van der Waals surface area contributed by atoms with Crippen molar-refractivity contribution in [2.75, 3.05) is 5.73 Å². The Morgan fingerprint density at radius 3 is 2.57 bits per heavy atom. The summed E-state index contributed by atoms with van der Waals surface area (Å²) >= 11 is 0. The van der Waals surface area contributed by atoms with Gasteiger partial charge in [-0.1, -0.05) is 26.7 Å². The van der Waals surface area contributed by atoms with Crippen LogP contribution in [0.2, 0.25) is 0 Å². The lowest BCUT2D eigenvalue weighted by Gasteiger charge is -2.11. The van der Waals surface area contributed by atoms with Gasteiger partial charge in [0.2, 0.25) is 0 Å². The molecule has 1 aromatic rings. The minimum atomic E-state index is 0.472. The summed E-state index contributed by atoms with van der Waals surface area (Å²) in [4.78, 5) is 0. The average molecular weight is 193 g/mol. The van der Waals surface area contributed by atoms with E-state index in [0.717, 1.165) is 11.5 Å². The number of nitrogen functional groups attached to an aromatic ring is 1. The summed E-state index contributed by atoms with van der Waals surface area (Å²) in [7, 11) is 0. The fraction of sp³-hybridized carbons (Fsp3) is 0.727. The van der Waals surface area contributed by atoms with Crippen molar-refractivity contribution in [3.63, 3.8) is 0 Å². The number of aromatic nitrogens is 2. The monoisotopic (exact) mass is 193 g/mol. The third-order valence-corrected chi connectivity index (χ3v) is 3.05. The van der Waals surface area contributed by atoms with Crippen LogP contribution in [0.1, 0.15) is 57.2 Å². The van der Waals surface area contributed by atoms with Gasteiger partial charge in [-0.3, -0.25) is 0 Å². The second kappa shape index (κ2) is 3.64. The van der Waals surface area contributed by atoms with Gasteiger partial charge in [-0.2, -0.15) is 5.10 Å². The van der Waals surface area contributed by atoms with Crippen molar-refractivity contribution in [1.82, 2.24) is 9.78 Å². The van der Waals surface area contributed by atoms with Crippen LogP contribution in [0, 0.1) is 0 Å². The van der Waals surface area contributed by atoms with E-state index in [1.54, 1.807) is 0 Å². The number of nitrogens with zero attached hydrogens (tertiary/aromatic N) is 2. The summed E-state index contributed by atoms with van der Waals surface area (Å²) in [6, 6.07) is 2.57.